The fourth-order valence-corrected chi connectivity index (χ4v) is 4.78. The number of hydrogen-bond donors (Lipinski definition) is 0. The van der Waals surface area contributed by atoms with Crippen LogP contribution in [0.1, 0.15) is 43.7 Å². The van der Waals surface area contributed by atoms with Crippen LogP contribution >= 0.6 is 0 Å². The third kappa shape index (κ3) is 4.84. The molecule has 0 bridgehead atoms. The Morgan fingerprint density at radius 2 is 1.73 bits per heavy atom. The van der Waals surface area contributed by atoms with Crippen molar-refractivity contribution in [3.8, 4) is 5.75 Å². The molecular weight excluding hydrogens is 379 g/mol. The number of benzene rings is 2. The number of rotatable bonds is 8. The summed E-state index contributed by atoms with van der Waals surface area (Å²) >= 11 is 0. The topological polar surface area (TPSA) is 32.8 Å². The van der Waals surface area contributed by atoms with E-state index in [0.717, 1.165) is 55.5 Å². The van der Waals surface area contributed by atoms with Crippen molar-refractivity contribution in [1.82, 2.24) is 9.80 Å². The highest BCUT2D eigenvalue weighted by Crippen LogP contribution is 2.48. The van der Waals surface area contributed by atoms with Gasteiger partial charge in [-0.15, -0.1) is 0 Å². The first kappa shape index (κ1) is 22.3. The number of methoxy groups -OCH3 is 1. The van der Waals surface area contributed by atoms with E-state index in [1.807, 2.05) is 35.2 Å². The maximum Gasteiger partial charge on any atom is 0.210 e. The van der Waals surface area contributed by atoms with Crippen LogP contribution in [0.5, 0.6) is 5.75 Å². The van der Waals surface area contributed by atoms with E-state index in [9.17, 15) is 9.18 Å². The van der Waals surface area contributed by atoms with Gasteiger partial charge in [0.15, 0.2) is 0 Å². The zero-order chi connectivity index (χ0) is 21.8. The van der Waals surface area contributed by atoms with Crippen LogP contribution in [0.3, 0.4) is 0 Å². The van der Waals surface area contributed by atoms with Crippen molar-refractivity contribution in [1.29, 1.82) is 0 Å². The second kappa shape index (κ2) is 9.17. The molecule has 0 unspecified atom stereocenters. The molecule has 0 atom stereocenters. The molecule has 4 nitrogen and oxygen atoms in total. The predicted molar refractivity (Wildman–Crippen MR) is 118 cm³/mol. The molecule has 162 valence electrons. The van der Waals surface area contributed by atoms with Crippen molar-refractivity contribution >= 4 is 6.41 Å². The van der Waals surface area contributed by atoms with Gasteiger partial charge >= 0.3 is 0 Å². The van der Waals surface area contributed by atoms with Crippen LogP contribution < -0.4 is 4.74 Å². The fraction of sp³-hybridized carbons (Fsp3) is 0.480. The lowest BCUT2D eigenvalue weighted by atomic mass is 9.65. The molecule has 0 spiro atoms. The van der Waals surface area contributed by atoms with Crippen molar-refractivity contribution in [2.75, 3.05) is 27.7 Å². The first-order chi connectivity index (χ1) is 14.3. The first-order valence-electron chi connectivity index (χ1n) is 10.6. The molecule has 0 heterocycles. The summed E-state index contributed by atoms with van der Waals surface area (Å²) in [6, 6.07) is 14.8. The molecule has 2 aromatic carbocycles. The van der Waals surface area contributed by atoms with Gasteiger partial charge in [-0.05, 0) is 80.6 Å². The first-order valence-corrected chi connectivity index (χ1v) is 10.6. The summed E-state index contributed by atoms with van der Waals surface area (Å²) in [5.74, 6) is 0.627. The Kier molecular flexibility index (Phi) is 6.81. The van der Waals surface area contributed by atoms with Crippen molar-refractivity contribution in [2.45, 2.75) is 44.7 Å². The average molecular weight is 413 g/mol. The van der Waals surface area contributed by atoms with Crippen molar-refractivity contribution < 1.29 is 13.9 Å². The zero-order valence-electron chi connectivity index (χ0n) is 18.5. The molecular formula is C25H33FN2O2. The Morgan fingerprint density at radius 3 is 2.27 bits per heavy atom. The SMILES string of the molecule is COc1ccc(CN(C=O)CC2(C)CCC(c3cccc(F)c3)(N(C)C)CC2)cc1. The summed E-state index contributed by atoms with van der Waals surface area (Å²) in [7, 11) is 5.80. The molecule has 0 radical (unpaired) electrons. The highest BCUT2D eigenvalue weighted by atomic mass is 19.1. The molecule has 1 aliphatic carbocycles. The number of hydrogen-bond acceptors (Lipinski definition) is 3. The predicted octanol–water partition coefficient (Wildman–Crippen LogP) is 4.83. The third-order valence-corrected chi connectivity index (χ3v) is 6.78. The van der Waals surface area contributed by atoms with Crippen LogP contribution in [-0.2, 0) is 16.9 Å². The Bertz CT molecular complexity index is 842. The summed E-state index contributed by atoms with van der Waals surface area (Å²) in [5, 5.41) is 0. The molecule has 5 heteroatoms. The normalized spacial score (nSPS) is 23.9. The van der Waals surface area contributed by atoms with Crippen LogP contribution in [0, 0.1) is 11.2 Å². The molecule has 3 rings (SSSR count). The Hall–Kier alpha value is -2.40. The van der Waals surface area contributed by atoms with Gasteiger partial charge in [-0.1, -0.05) is 31.2 Å². The monoisotopic (exact) mass is 412 g/mol. The lowest BCUT2D eigenvalue weighted by Crippen LogP contribution is -2.48. The number of ether oxygens (including phenoxy) is 1. The van der Waals surface area contributed by atoms with E-state index in [2.05, 4.69) is 25.9 Å². The number of carbonyl (C=O) groups excluding carboxylic acids is 1. The van der Waals surface area contributed by atoms with Crippen LogP contribution in [0.15, 0.2) is 48.5 Å². The average Bonchev–Trinajstić information content (AvgIpc) is 2.74. The molecule has 0 aliphatic heterocycles. The number of amides is 1. The molecule has 1 saturated carbocycles. The van der Waals surface area contributed by atoms with Gasteiger partial charge in [0.1, 0.15) is 11.6 Å². The van der Waals surface area contributed by atoms with Crippen molar-refractivity contribution in [2.24, 2.45) is 5.41 Å². The highest BCUT2D eigenvalue weighted by Gasteiger charge is 2.43. The van der Waals surface area contributed by atoms with E-state index in [0.29, 0.717) is 6.54 Å². The summed E-state index contributed by atoms with van der Waals surface area (Å²) in [5.41, 5.74) is 2.01. The van der Waals surface area contributed by atoms with Gasteiger partial charge in [0.25, 0.3) is 0 Å². The lowest BCUT2D eigenvalue weighted by molar-refractivity contribution is -0.120. The minimum atomic E-state index is -0.186. The van der Waals surface area contributed by atoms with Crippen LogP contribution in [0.4, 0.5) is 4.39 Å². The largest absolute Gasteiger partial charge is 0.497 e. The summed E-state index contributed by atoms with van der Waals surface area (Å²) in [4.78, 5) is 15.9. The molecule has 0 N–H and O–H groups in total. The van der Waals surface area contributed by atoms with Gasteiger partial charge < -0.3 is 9.64 Å². The fourth-order valence-electron chi connectivity index (χ4n) is 4.78. The van der Waals surface area contributed by atoms with E-state index in [1.165, 1.54) is 6.07 Å². The van der Waals surface area contributed by atoms with Gasteiger partial charge in [-0.3, -0.25) is 9.69 Å². The van der Waals surface area contributed by atoms with Crippen LogP contribution in [-0.4, -0.2) is 44.0 Å². The van der Waals surface area contributed by atoms with E-state index in [4.69, 9.17) is 4.74 Å². The molecule has 0 saturated heterocycles. The van der Waals surface area contributed by atoms with Crippen LogP contribution in [0.25, 0.3) is 0 Å². The Morgan fingerprint density at radius 1 is 1.07 bits per heavy atom. The molecule has 2 aromatic rings. The minimum absolute atomic E-state index is 0.0419. The second-order valence-corrected chi connectivity index (χ2v) is 9.11. The number of carbonyl (C=O) groups is 1. The standard InChI is InChI=1S/C25H33FN2O2/c1-24(18-28(19-29)17-20-8-10-23(30-4)11-9-20)12-14-25(15-13-24,27(2)3)21-6-5-7-22(26)16-21/h5-11,16,19H,12-15,17-18H2,1-4H3. The lowest BCUT2D eigenvalue weighted by Gasteiger charge is -2.49. The van der Waals surface area contributed by atoms with Crippen LogP contribution in [0.2, 0.25) is 0 Å². The smallest absolute Gasteiger partial charge is 0.210 e. The number of halogens is 1. The third-order valence-electron chi connectivity index (χ3n) is 6.78. The van der Waals surface area contributed by atoms with Gasteiger partial charge in [-0.25, -0.2) is 4.39 Å². The van der Waals surface area contributed by atoms with Gasteiger partial charge in [0, 0.05) is 18.6 Å². The van der Waals surface area contributed by atoms with E-state index >= 15 is 0 Å². The maximum atomic E-state index is 13.9. The summed E-state index contributed by atoms with van der Waals surface area (Å²) in [6.07, 6.45) is 4.80. The minimum Gasteiger partial charge on any atom is -0.497 e. The molecule has 30 heavy (non-hydrogen) atoms. The van der Waals surface area contributed by atoms with E-state index in [-0.39, 0.29) is 16.8 Å². The highest BCUT2D eigenvalue weighted by molar-refractivity contribution is 5.47. The van der Waals surface area contributed by atoms with Crippen molar-refractivity contribution in [3.05, 3.63) is 65.5 Å². The van der Waals surface area contributed by atoms with Gasteiger partial charge in [0.05, 0.1) is 7.11 Å². The second-order valence-electron chi connectivity index (χ2n) is 9.11. The van der Waals surface area contributed by atoms with Crippen molar-refractivity contribution in [3.63, 3.8) is 0 Å². The maximum absolute atomic E-state index is 13.9. The zero-order valence-corrected chi connectivity index (χ0v) is 18.5. The van der Waals surface area contributed by atoms with E-state index < -0.39 is 0 Å². The Labute approximate surface area is 179 Å². The molecule has 1 aliphatic rings. The summed E-state index contributed by atoms with van der Waals surface area (Å²) in [6.45, 7) is 3.57. The quantitative estimate of drug-likeness (QED) is 0.582. The summed E-state index contributed by atoms with van der Waals surface area (Å²) < 4.78 is 19.1. The Balaban J connectivity index is 1.69. The molecule has 1 amide bonds. The van der Waals surface area contributed by atoms with Gasteiger partial charge in [0.2, 0.25) is 6.41 Å². The molecule has 0 aromatic heterocycles. The molecule has 1 fully saturated rings. The number of nitrogens with zero attached hydrogens (tertiary/aromatic N) is 2. The van der Waals surface area contributed by atoms with Gasteiger partial charge in [-0.2, -0.15) is 0 Å². The van der Waals surface area contributed by atoms with E-state index in [1.54, 1.807) is 19.2 Å².